The van der Waals surface area contributed by atoms with Crippen molar-refractivity contribution in [3.63, 3.8) is 0 Å². The predicted molar refractivity (Wildman–Crippen MR) is 101 cm³/mol. The molecule has 1 aliphatic heterocycles. The van der Waals surface area contributed by atoms with Crippen molar-refractivity contribution >= 4 is 28.8 Å². The number of fused-ring (bicyclic) bond motifs is 1. The normalized spacial score (nSPS) is 12.4. The van der Waals surface area contributed by atoms with Crippen LogP contribution in [-0.2, 0) is 11.8 Å². The summed E-state index contributed by atoms with van der Waals surface area (Å²) in [6.07, 6.45) is 6.91. The van der Waals surface area contributed by atoms with E-state index in [1.54, 1.807) is 35.4 Å². The molecule has 2 aromatic heterocycles. The van der Waals surface area contributed by atoms with Crippen LogP contribution in [0.3, 0.4) is 0 Å². The molecule has 0 saturated heterocycles. The van der Waals surface area contributed by atoms with Crippen molar-refractivity contribution in [2.75, 3.05) is 21.7 Å². The lowest BCUT2D eigenvalue weighted by molar-refractivity contribution is -0.112. The zero-order valence-corrected chi connectivity index (χ0v) is 14.0. The van der Waals surface area contributed by atoms with Gasteiger partial charge >= 0.3 is 0 Å². The molecule has 0 bridgehead atoms. The minimum Gasteiger partial charge on any atom is -0.397 e. The fraction of sp³-hybridized carbons (Fsp3) is 0.0556. The maximum atomic E-state index is 12.6. The van der Waals surface area contributed by atoms with Crippen molar-refractivity contribution in [1.29, 1.82) is 0 Å². The van der Waals surface area contributed by atoms with E-state index in [0.717, 1.165) is 16.8 Å². The molecular formula is C18H17N7O. The van der Waals surface area contributed by atoms with E-state index in [2.05, 4.69) is 26.0 Å². The van der Waals surface area contributed by atoms with Crippen LogP contribution in [0.1, 0.15) is 0 Å². The summed E-state index contributed by atoms with van der Waals surface area (Å²) in [5, 5.41) is 13.1. The van der Waals surface area contributed by atoms with Crippen molar-refractivity contribution < 1.29 is 4.79 Å². The minimum absolute atomic E-state index is 0.304. The molecule has 26 heavy (non-hydrogen) atoms. The molecule has 0 atom stereocenters. The van der Waals surface area contributed by atoms with E-state index in [-0.39, 0.29) is 5.91 Å². The van der Waals surface area contributed by atoms with Gasteiger partial charge in [-0.2, -0.15) is 5.10 Å². The number of nitrogens with zero attached hydrogens (tertiary/aromatic N) is 3. The molecule has 0 unspecified atom stereocenters. The van der Waals surface area contributed by atoms with E-state index in [4.69, 9.17) is 5.73 Å². The van der Waals surface area contributed by atoms with Gasteiger partial charge in [-0.15, -0.1) is 0 Å². The monoisotopic (exact) mass is 347 g/mol. The van der Waals surface area contributed by atoms with E-state index in [1.165, 1.54) is 0 Å². The molecule has 1 amide bonds. The number of hydrogen-bond acceptors (Lipinski definition) is 6. The maximum Gasteiger partial charge on any atom is 0.273 e. The third-order valence-electron chi connectivity index (χ3n) is 4.01. The number of amides is 1. The molecule has 8 nitrogen and oxygen atoms in total. The zero-order valence-electron chi connectivity index (χ0n) is 14.0. The van der Waals surface area contributed by atoms with Crippen LogP contribution in [0.5, 0.6) is 0 Å². The molecule has 1 aromatic carbocycles. The van der Waals surface area contributed by atoms with Crippen LogP contribution in [0.15, 0.2) is 60.8 Å². The Balaban J connectivity index is 1.56. The lowest BCUT2D eigenvalue weighted by atomic mass is 10.1. The van der Waals surface area contributed by atoms with Gasteiger partial charge in [-0.05, 0) is 29.8 Å². The standard InChI is InChI=1S/C18H17N7O/c1-25-10-12(8-22-25)11-4-5-13(19)15(7-11)24-18(26)16-9-21-17-14(23-16)3-2-6-20-17/h2-10,23H,19H2,1H3,(H,20,21)(H,24,26). The van der Waals surface area contributed by atoms with Gasteiger partial charge in [-0.3, -0.25) is 9.48 Å². The van der Waals surface area contributed by atoms with Crippen LogP contribution < -0.4 is 21.7 Å². The molecule has 130 valence electrons. The Hall–Kier alpha value is -3.81. The summed E-state index contributed by atoms with van der Waals surface area (Å²) < 4.78 is 1.72. The Morgan fingerprint density at radius 1 is 1.27 bits per heavy atom. The second kappa shape index (κ2) is 6.25. The molecule has 3 aromatic rings. The van der Waals surface area contributed by atoms with Crippen molar-refractivity contribution in [2.45, 2.75) is 0 Å². The van der Waals surface area contributed by atoms with Crippen molar-refractivity contribution in [3.05, 3.63) is 60.8 Å². The van der Waals surface area contributed by atoms with Crippen molar-refractivity contribution in [2.24, 2.45) is 7.05 Å². The summed E-state index contributed by atoms with van der Waals surface area (Å²) in [6.45, 7) is 0. The molecule has 8 heteroatoms. The molecule has 0 spiro atoms. The number of anilines is 4. The zero-order chi connectivity index (χ0) is 18.1. The maximum absolute atomic E-state index is 12.6. The highest BCUT2D eigenvalue weighted by molar-refractivity contribution is 6.08. The summed E-state index contributed by atoms with van der Waals surface area (Å²) in [5.41, 5.74) is 10.0. The first-order chi connectivity index (χ1) is 12.6. The number of nitrogens with one attached hydrogen (secondary N) is 3. The van der Waals surface area contributed by atoms with Crippen LogP contribution in [0.4, 0.5) is 22.9 Å². The topological polar surface area (TPSA) is 110 Å². The molecule has 1 aliphatic rings. The Morgan fingerprint density at radius 2 is 2.15 bits per heavy atom. The van der Waals surface area contributed by atoms with E-state index in [0.29, 0.717) is 22.9 Å². The van der Waals surface area contributed by atoms with Gasteiger partial charge in [0.05, 0.1) is 23.3 Å². The molecular weight excluding hydrogens is 330 g/mol. The first-order valence-electron chi connectivity index (χ1n) is 7.99. The SMILES string of the molecule is Cn1cc(-c2ccc(N)c(NC(=O)C3=CNc4ncccc4N3)c2)cn1. The summed E-state index contributed by atoms with van der Waals surface area (Å²) in [4.78, 5) is 16.8. The number of hydrogen-bond donors (Lipinski definition) is 4. The number of carbonyl (C=O) groups is 1. The number of rotatable bonds is 3. The first-order valence-corrected chi connectivity index (χ1v) is 7.99. The van der Waals surface area contributed by atoms with Crippen LogP contribution >= 0.6 is 0 Å². The van der Waals surface area contributed by atoms with Gasteiger partial charge in [0.1, 0.15) is 5.70 Å². The van der Waals surface area contributed by atoms with E-state index < -0.39 is 0 Å². The predicted octanol–water partition coefficient (Wildman–Crippen LogP) is 2.38. The third kappa shape index (κ3) is 2.95. The van der Waals surface area contributed by atoms with Gasteiger partial charge in [0.25, 0.3) is 5.91 Å². The number of carbonyl (C=O) groups excluding carboxylic acids is 1. The number of nitrogens with two attached hydrogens (primary N) is 1. The second-order valence-corrected chi connectivity index (χ2v) is 5.89. The lowest BCUT2D eigenvalue weighted by Crippen LogP contribution is -2.24. The Bertz CT molecular complexity index is 1020. The van der Waals surface area contributed by atoms with Gasteiger partial charge in [-0.1, -0.05) is 6.07 Å². The minimum atomic E-state index is -0.304. The summed E-state index contributed by atoms with van der Waals surface area (Å²) in [7, 11) is 1.85. The molecule has 0 fully saturated rings. The highest BCUT2D eigenvalue weighted by Crippen LogP contribution is 2.28. The Labute approximate surface area is 149 Å². The van der Waals surface area contributed by atoms with Gasteiger partial charge in [0.2, 0.25) is 0 Å². The molecule has 4 rings (SSSR count). The fourth-order valence-corrected chi connectivity index (χ4v) is 2.67. The molecule has 0 saturated carbocycles. The number of nitrogen functional groups attached to an aromatic ring is 1. The van der Waals surface area contributed by atoms with Crippen molar-refractivity contribution in [1.82, 2.24) is 14.8 Å². The molecule has 0 aliphatic carbocycles. The first kappa shape index (κ1) is 15.7. The largest absolute Gasteiger partial charge is 0.397 e. The van der Waals surface area contributed by atoms with E-state index in [1.807, 2.05) is 31.4 Å². The lowest BCUT2D eigenvalue weighted by Gasteiger charge is -2.19. The Morgan fingerprint density at radius 3 is 2.96 bits per heavy atom. The number of aromatic nitrogens is 3. The van der Waals surface area contributed by atoms with E-state index >= 15 is 0 Å². The number of benzene rings is 1. The number of aryl methyl sites for hydroxylation is 1. The second-order valence-electron chi connectivity index (χ2n) is 5.89. The fourth-order valence-electron chi connectivity index (χ4n) is 2.67. The summed E-state index contributed by atoms with van der Waals surface area (Å²) in [5.74, 6) is 0.365. The quantitative estimate of drug-likeness (QED) is 0.542. The van der Waals surface area contributed by atoms with Gasteiger partial charge in [0.15, 0.2) is 5.82 Å². The third-order valence-corrected chi connectivity index (χ3v) is 4.01. The van der Waals surface area contributed by atoms with Gasteiger partial charge in [0, 0.05) is 31.2 Å². The Kier molecular flexibility index (Phi) is 3.77. The van der Waals surface area contributed by atoms with E-state index in [9.17, 15) is 4.79 Å². The van der Waals surface area contributed by atoms with Gasteiger partial charge < -0.3 is 21.7 Å². The number of pyridine rings is 1. The smallest absolute Gasteiger partial charge is 0.273 e. The average molecular weight is 347 g/mol. The van der Waals surface area contributed by atoms with Crippen LogP contribution in [0.25, 0.3) is 11.1 Å². The molecule has 0 radical (unpaired) electrons. The molecule has 5 N–H and O–H groups in total. The van der Waals surface area contributed by atoms with Gasteiger partial charge in [-0.25, -0.2) is 4.98 Å². The summed E-state index contributed by atoms with van der Waals surface area (Å²) >= 11 is 0. The highest BCUT2D eigenvalue weighted by Gasteiger charge is 2.17. The van der Waals surface area contributed by atoms with Crippen LogP contribution in [0.2, 0.25) is 0 Å². The average Bonchev–Trinajstić information content (AvgIpc) is 3.09. The molecule has 3 heterocycles. The van der Waals surface area contributed by atoms with Crippen molar-refractivity contribution in [3.8, 4) is 11.1 Å². The van der Waals surface area contributed by atoms with Crippen LogP contribution in [-0.4, -0.2) is 20.7 Å². The van der Waals surface area contributed by atoms with Crippen LogP contribution in [0, 0.1) is 0 Å². The summed E-state index contributed by atoms with van der Waals surface area (Å²) in [6, 6.07) is 9.12. The highest BCUT2D eigenvalue weighted by atomic mass is 16.2.